The lowest BCUT2D eigenvalue weighted by Crippen LogP contribution is -2.26. The smallest absolute Gasteiger partial charge is 0.176 e. The van der Waals surface area contributed by atoms with Gasteiger partial charge < -0.3 is 4.74 Å². The van der Waals surface area contributed by atoms with Gasteiger partial charge in [0.2, 0.25) is 0 Å². The number of allylic oxidation sites excluding steroid dienone is 1. The maximum absolute atomic E-state index is 12.6. The third-order valence-electron chi connectivity index (χ3n) is 7.75. The van der Waals surface area contributed by atoms with Crippen molar-refractivity contribution < 1.29 is 9.13 Å². The number of nitrogens with zero attached hydrogens (tertiary/aromatic N) is 4. The third-order valence-corrected chi connectivity index (χ3v) is 8.30. The Morgan fingerprint density at radius 1 is 1.00 bits per heavy atom. The van der Waals surface area contributed by atoms with E-state index >= 15 is 0 Å². The molecule has 1 heterocycles. The first kappa shape index (κ1) is 29.4. The Balaban J connectivity index is 1.53. The van der Waals surface area contributed by atoms with Gasteiger partial charge in [-0.2, -0.15) is 5.11 Å². The number of rotatable bonds is 8. The third kappa shape index (κ3) is 6.88. The number of alkyl halides is 1. The van der Waals surface area contributed by atoms with E-state index in [-0.39, 0.29) is 12.8 Å². The molecule has 0 radical (unpaired) electrons. The SMILES string of the molecule is CN=NC(=NC)c1ccc2c(c1)CCCC(c1ccc(Cl)cc1Cl)=C2c1ccc(OC2CCN(CCCF)C2)cc1. The topological polar surface area (TPSA) is 49.6 Å². The van der Waals surface area contributed by atoms with Crippen molar-refractivity contribution in [3.05, 3.63) is 98.5 Å². The fourth-order valence-corrected chi connectivity index (χ4v) is 6.38. The van der Waals surface area contributed by atoms with E-state index in [1.54, 1.807) is 14.1 Å². The number of aryl methyl sites for hydroxylation is 1. The number of halogens is 3. The number of hydrogen-bond acceptors (Lipinski definition) is 4. The molecule has 0 N–H and O–H groups in total. The summed E-state index contributed by atoms with van der Waals surface area (Å²) in [5.41, 5.74) is 7.81. The summed E-state index contributed by atoms with van der Waals surface area (Å²) in [6, 6.07) is 20.5. The number of ether oxygens (including phenoxy) is 1. The van der Waals surface area contributed by atoms with Crippen LogP contribution >= 0.6 is 23.2 Å². The highest BCUT2D eigenvalue weighted by molar-refractivity contribution is 6.36. The second-order valence-electron chi connectivity index (χ2n) is 10.4. The molecule has 1 unspecified atom stereocenters. The van der Waals surface area contributed by atoms with Crippen molar-refractivity contribution in [1.29, 1.82) is 0 Å². The molecule has 1 fully saturated rings. The van der Waals surface area contributed by atoms with Gasteiger partial charge in [-0.05, 0) is 95.8 Å². The van der Waals surface area contributed by atoms with E-state index < -0.39 is 0 Å². The van der Waals surface area contributed by atoms with E-state index in [0.29, 0.717) is 22.3 Å². The van der Waals surface area contributed by atoms with Gasteiger partial charge in [0.1, 0.15) is 11.9 Å². The van der Waals surface area contributed by atoms with Gasteiger partial charge in [-0.1, -0.05) is 53.5 Å². The zero-order valence-corrected chi connectivity index (χ0v) is 25.1. The lowest BCUT2D eigenvalue weighted by atomic mass is 9.87. The van der Waals surface area contributed by atoms with Crippen molar-refractivity contribution in [1.82, 2.24) is 4.90 Å². The molecular formula is C33H35Cl2FN4O. The molecule has 1 saturated heterocycles. The van der Waals surface area contributed by atoms with Gasteiger partial charge in [-0.25, -0.2) is 0 Å². The number of amidine groups is 1. The largest absolute Gasteiger partial charge is 0.489 e. The summed E-state index contributed by atoms with van der Waals surface area (Å²) in [7, 11) is 3.39. The molecule has 5 nitrogen and oxygen atoms in total. The van der Waals surface area contributed by atoms with E-state index in [9.17, 15) is 4.39 Å². The van der Waals surface area contributed by atoms with Crippen LogP contribution in [0.1, 0.15) is 53.5 Å². The number of aliphatic imine (C=N–C) groups is 1. The highest BCUT2D eigenvalue weighted by Gasteiger charge is 2.25. The number of benzene rings is 3. The van der Waals surface area contributed by atoms with Crippen LogP contribution in [-0.4, -0.2) is 57.2 Å². The molecule has 3 aromatic rings. The van der Waals surface area contributed by atoms with Gasteiger partial charge in [-0.3, -0.25) is 14.3 Å². The van der Waals surface area contributed by atoms with Crippen LogP contribution in [0.2, 0.25) is 10.0 Å². The molecule has 1 aliphatic carbocycles. The summed E-state index contributed by atoms with van der Waals surface area (Å²) in [4.78, 5) is 6.61. The maximum atomic E-state index is 12.6. The van der Waals surface area contributed by atoms with Crippen molar-refractivity contribution in [3.63, 3.8) is 0 Å². The summed E-state index contributed by atoms with van der Waals surface area (Å²) in [5, 5.41) is 9.42. The second kappa shape index (κ2) is 13.7. The van der Waals surface area contributed by atoms with E-state index in [2.05, 4.69) is 62.6 Å². The fraction of sp³-hybridized carbons (Fsp3) is 0.364. The summed E-state index contributed by atoms with van der Waals surface area (Å²) >= 11 is 13.0. The van der Waals surface area contributed by atoms with Crippen LogP contribution in [0.15, 0.2) is 75.9 Å². The van der Waals surface area contributed by atoms with Gasteiger partial charge in [-0.15, -0.1) is 5.11 Å². The molecule has 5 rings (SSSR count). The minimum absolute atomic E-state index is 0.120. The van der Waals surface area contributed by atoms with Crippen LogP contribution in [0.3, 0.4) is 0 Å². The first-order valence-electron chi connectivity index (χ1n) is 14.1. The molecule has 1 aliphatic heterocycles. The molecule has 0 spiro atoms. The zero-order chi connectivity index (χ0) is 28.8. The Morgan fingerprint density at radius 3 is 2.54 bits per heavy atom. The quantitative estimate of drug-likeness (QED) is 0.149. The van der Waals surface area contributed by atoms with Gasteiger partial charge >= 0.3 is 0 Å². The van der Waals surface area contributed by atoms with Crippen LogP contribution in [0.25, 0.3) is 11.1 Å². The summed E-state index contributed by atoms with van der Waals surface area (Å²) in [5.74, 6) is 1.46. The lowest BCUT2D eigenvalue weighted by Gasteiger charge is -2.19. The number of azo groups is 1. The Morgan fingerprint density at radius 2 is 1.80 bits per heavy atom. The maximum Gasteiger partial charge on any atom is 0.176 e. The Labute approximate surface area is 251 Å². The van der Waals surface area contributed by atoms with Crippen LogP contribution in [0.4, 0.5) is 4.39 Å². The Kier molecular flexibility index (Phi) is 9.86. The summed E-state index contributed by atoms with van der Waals surface area (Å²) in [6.45, 7) is 2.30. The molecule has 3 aromatic carbocycles. The average Bonchev–Trinajstić information content (AvgIpc) is 3.33. The molecule has 0 aromatic heterocycles. The van der Waals surface area contributed by atoms with Crippen LogP contribution < -0.4 is 4.74 Å². The van der Waals surface area contributed by atoms with Gasteiger partial charge in [0, 0.05) is 49.3 Å². The summed E-state index contributed by atoms with van der Waals surface area (Å²) in [6.07, 6.45) is 4.42. The first-order valence-corrected chi connectivity index (χ1v) is 14.9. The van der Waals surface area contributed by atoms with Gasteiger partial charge in [0.05, 0.1) is 6.67 Å². The normalized spacial score (nSPS) is 18.2. The molecule has 214 valence electrons. The van der Waals surface area contributed by atoms with E-state index in [0.717, 1.165) is 73.3 Å². The number of fused-ring (bicyclic) bond motifs is 1. The average molecular weight is 594 g/mol. The molecular weight excluding hydrogens is 558 g/mol. The Hall–Kier alpha value is -3.06. The minimum Gasteiger partial charge on any atom is -0.489 e. The van der Waals surface area contributed by atoms with Crippen LogP contribution in [-0.2, 0) is 6.42 Å². The van der Waals surface area contributed by atoms with Crippen molar-refractivity contribution in [3.8, 4) is 5.75 Å². The van der Waals surface area contributed by atoms with Crippen molar-refractivity contribution in [2.45, 2.75) is 38.2 Å². The minimum atomic E-state index is -0.274. The summed E-state index contributed by atoms with van der Waals surface area (Å²) < 4.78 is 18.9. The molecule has 1 atom stereocenters. The van der Waals surface area contributed by atoms with E-state index in [1.807, 2.05) is 18.2 Å². The molecule has 41 heavy (non-hydrogen) atoms. The highest BCUT2D eigenvalue weighted by Crippen LogP contribution is 2.42. The van der Waals surface area contributed by atoms with Crippen molar-refractivity contribution >= 4 is 40.2 Å². The highest BCUT2D eigenvalue weighted by atomic mass is 35.5. The number of hydrogen-bond donors (Lipinski definition) is 0. The predicted octanol–water partition coefficient (Wildman–Crippen LogP) is 8.56. The Bertz CT molecular complexity index is 1470. The second-order valence-corrected chi connectivity index (χ2v) is 11.3. The fourth-order valence-electron chi connectivity index (χ4n) is 5.86. The standard InChI is InChI=1S/C33H35Cl2FN4O/c1-37-33(39-38-2)24-9-13-28-23(19-24)5-3-6-30(29-14-10-25(34)20-31(29)35)32(28)22-7-11-26(12-8-22)41-27-15-18-40(21-27)17-4-16-36/h7-14,19-20,27H,3-6,15-18,21H2,1-2H3. The van der Waals surface area contributed by atoms with Gasteiger partial charge in [0.15, 0.2) is 5.84 Å². The van der Waals surface area contributed by atoms with Gasteiger partial charge in [0.25, 0.3) is 0 Å². The van der Waals surface area contributed by atoms with Crippen molar-refractivity contribution in [2.24, 2.45) is 15.2 Å². The monoisotopic (exact) mass is 592 g/mol. The van der Waals surface area contributed by atoms with Crippen LogP contribution in [0, 0.1) is 0 Å². The molecule has 0 amide bonds. The number of likely N-dealkylation sites (tertiary alicyclic amines) is 1. The molecule has 8 heteroatoms. The van der Waals surface area contributed by atoms with E-state index in [1.165, 1.54) is 16.7 Å². The zero-order valence-electron chi connectivity index (χ0n) is 23.5. The van der Waals surface area contributed by atoms with E-state index in [4.69, 9.17) is 27.9 Å². The molecule has 0 bridgehead atoms. The van der Waals surface area contributed by atoms with Crippen LogP contribution in [0.5, 0.6) is 5.75 Å². The molecule has 2 aliphatic rings. The first-order chi connectivity index (χ1) is 20.0. The predicted molar refractivity (Wildman–Crippen MR) is 168 cm³/mol. The lowest BCUT2D eigenvalue weighted by molar-refractivity contribution is 0.198. The molecule has 0 saturated carbocycles. The van der Waals surface area contributed by atoms with Crippen molar-refractivity contribution in [2.75, 3.05) is 40.4 Å².